The predicted molar refractivity (Wildman–Crippen MR) is 129 cm³/mol. The van der Waals surface area contributed by atoms with Gasteiger partial charge in [0.2, 0.25) is 21.8 Å². The second-order valence-electron chi connectivity index (χ2n) is 8.21. The Balaban J connectivity index is 2.44. The average Bonchev–Trinajstić information content (AvgIpc) is 2.76. The van der Waals surface area contributed by atoms with E-state index in [1.54, 1.807) is 31.2 Å². The van der Waals surface area contributed by atoms with E-state index in [9.17, 15) is 22.4 Å². The minimum absolute atomic E-state index is 0.0705. The van der Waals surface area contributed by atoms with Gasteiger partial charge in [0.15, 0.2) is 0 Å². The second-order valence-corrected chi connectivity index (χ2v) is 10.1. The molecule has 2 aromatic rings. The predicted octanol–water partition coefficient (Wildman–Crippen LogP) is 2.93. The number of nitrogens with zero attached hydrogens (tertiary/aromatic N) is 2. The highest BCUT2D eigenvalue weighted by molar-refractivity contribution is 7.92. The minimum atomic E-state index is -3.87. The number of carbonyl (C=O) groups excluding carboxylic acids is 2. The van der Waals surface area contributed by atoms with Crippen molar-refractivity contribution in [1.29, 1.82) is 0 Å². The van der Waals surface area contributed by atoms with Crippen molar-refractivity contribution in [3.05, 3.63) is 59.9 Å². The van der Waals surface area contributed by atoms with Crippen molar-refractivity contribution in [1.82, 2.24) is 10.2 Å². The number of ether oxygens (including phenoxy) is 1. The van der Waals surface area contributed by atoms with Gasteiger partial charge in [0.1, 0.15) is 24.2 Å². The van der Waals surface area contributed by atoms with Crippen molar-refractivity contribution < 1.29 is 27.1 Å². The third-order valence-electron chi connectivity index (χ3n) is 5.10. The standard InChI is InChI=1S/C24H32FN3O5S/c1-6-22(24(30)26-17(2)3)27(15-18-8-7-9-21(14-18)33-4)23(29)16-28(34(5,31)32)20-12-10-19(25)11-13-20/h7-14,17,22H,6,15-16H2,1-5H3,(H,26,30)/t22-/m0/s1. The smallest absolute Gasteiger partial charge is 0.244 e. The molecule has 0 aliphatic rings. The van der Waals surface area contributed by atoms with Crippen LogP contribution in [0.25, 0.3) is 0 Å². The highest BCUT2D eigenvalue weighted by atomic mass is 32.2. The number of anilines is 1. The van der Waals surface area contributed by atoms with Crippen LogP contribution in [0.15, 0.2) is 48.5 Å². The van der Waals surface area contributed by atoms with Gasteiger partial charge < -0.3 is 15.0 Å². The molecule has 0 bridgehead atoms. The first-order chi connectivity index (χ1) is 16.0. The van der Waals surface area contributed by atoms with Crippen molar-refractivity contribution in [2.75, 3.05) is 24.2 Å². The fraction of sp³-hybridized carbons (Fsp3) is 0.417. The van der Waals surface area contributed by atoms with E-state index in [-0.39, 0.29) is 24.2 Å². The molecule has 0 radical (unpaired) electrons. The van der Waals surface area contributed by atoms with Gasteiger partial charge in [-0.3, -0.25) is 13.9 Å². The highest BCUT2D eigenvalue weighted by Gasteiger charge is 2.32. The van der Waals surface area contributed by atoms with Crippen LogP contribution in [0, 0.1) is 5.82 Å². The first kappa shape index (κ1) is 27.1. The Morgan fingerprint density at radius 2 is 1.76 bits per heavy atom. The molecular formula is C24H32FN3O5S. The number of sulfonamides is 1. The molecule has 0 heterocycles. The van der Waals surface area contributed by atoms with Gasteiger partial charge in [-0.2, -0.15) is 0 Å². The summed E-state index contributed by atoms with van der Waals surface area (Å²) in [6.07, 6.45) is 1.29. The molecule has 0 aliphatic carbocycles. The highest BCUT2D eigenvalue weighted by Crippen LogP contribution is 2.21. The molecule has 0 fully saturated rings. The maximum absolute atomic E-state index is 13.5. The van der Waals surface area contributed by atoms with Gasteiger partial charge in [-0.15, -0.1) is 0 Å². The Bertz CT molecular complexity index is 1090. The van der Waals surface area contributed by atoms with Crippen molar-refractivity contribution in [2.45, 2.75) is 45.8 Å². The Hall–Kier alpha value is -3.14. The normalized spacial score (nSPS) is 12.2. The molecule has 186 valence electrons. The zero-order valence-electron chi connectivity index (χ0n) is 20.1. The van der Waals surface area contributed by atoms with Crippen LogP contribution in [0.4, 0.5) is 10.1 Å². The van der Waals surface area contributed by atoms with E-state index in [0.29, 0.717) is 12.2 Å². The van der Waals surface area contributed by atoms with E-state index in [0.717, 1.165) is 28.3 Å². The van der Waals surface area contributed by atoms with Gasteiger partial charge in [0, 0.05) is 12.6 Å². The maximum Gasteiger partial charge on any atom is 0.244 e. The average molecular weight is 494 g/mol. The summed E-state index contributed by atoms with van der Waals surface area (Å²) in [5, 5.41) is 2.83. The van der Waals surface area contributed by atoms with Gasteiger partial charge in [-0.1, -0.05) is 19.1 Å². The van der Waals surface area contributed by atoms with Crippen molar-refractivity contribution in [3.63, 3.8) is 0 Å². The molecule has 2 amide bonds. The minimum Gasteiger partial charge on any atom is -0.497 e. The van der Waals surface area contributed by atoms with Crippen LogP contribution in [0.3, 0.4) is 0 Å². The van der Waals surface area contributed by atoms with Crippen molar-refractivity contribution in [2.24, 2.45) is 0 Å². The zero-order chi connectivity index (χ0) is 25.5. The third-order valence-corrected chi connectivity index (χ3v) is 6.24. The Kier molecular flexibility index (Phi) is 9.43. The fourth-order valence-electron chi connectivity index (χ4n) is 3.49. The van der Waals surface area contributed by atoms with E-state index in [1.807, 2.05) is 13.8 Å². The van der Waals surface area contributed by atoms with Crippen LogP contribution >= 0.6 is 0 Å². The van der Waals surface area contributed by atoms with Crippen LogP contribution in [-0.4, -0.2) is 57.1 Å². The van der Waals surface area contributed by atoms with E-state index in [2.05, 4.69) is 5.32 Å². The van der Waals surface area contributed by atoms with Crippen molar-refractivity contribution in [3.8, 4) is 5.75 Å². The topological polar surface area (TPSA) is 96.0 Å². The van der Waals surface area contributed by atoms with Crippen LogP contribution in [-0.2, 0) is 26.2 Å². The van der Waals surface area contributed by atoms with Crippen LogP contribution in [0.2, 0.25) is 0 Å². The molecule has 10 heteroatoms. The fourth-order valence-corrected chi connectivity index (χ4v) is 4.34. The number of rotatable bonds is 11. The van der Waals surface area contributed by atoms with E-state index in [4.69, 9.17) is 4.74 Å². The lowest BCUT2D eigenvalue weighted by atomic mass is 10.1. The molecule has 2 aromatic carbocycles. The number of methoxy groups -OCH3 is 1. The summed E-state index contributed by atoms with van der Waals surface area (Å²) in [6.45, 7) is 4.95. The monoisotopic (exact) mass is 493 g/mol. The molecule has 0 unspecified atom stereocenters. The molecule has 0 aromatic heterocycles. The molecule has 1 N–H and O–H groups in total. The van der Waals surface area contributed by atoms with Gasteiger partial charge in [0.05, 0.1) is 19.1 Å². The number of hydrogen-bond acceptors (Lipinski definition) is 5. The molecule has 1 atom stereocenters. The Morgan fingerprint density at radius 3 is 2.29 bits per heavy atom. The Labute approximate surface area is 200 Å². The summed E-state index contributed by atoms with van der Waals surface area (Å²) in [5.74, 6) is -0.835. The quantitative estimate of drug-likeness (QED) is 0.519. The van der Waals surface area contributed by atoms with Gasteiger partial charge in [-0.05, 0) is 62.2 Å². The third kappa shape index (κ3) is 7.44. The molecule has 0 spiro atoms. The molecule has 2 rings (SSSR count). The lowest BCUT2D eigenvalue weighted by molar-refractivity contribution is -0.140. The molecule has 0 aliphatic heterocycles. The van der Waals surface area contributed by atoms with Crippen molar-refractivity contribution >= 4 is 27.5 Å². The summed E-state index contributed by atoms with van der Waals surface area (Å²) in [6, 6.07) is 10.9. The summed E-state index contributed by atoms with van der Waals surface area (Å²) >= 11 is 0. The van der Waals surface area contributed by atoms with E-state index >= 15 is 0 Å². The first-order valence-corrected chi connectivity index (χ1v) is 12.8. The van der Waals surface area contributed by atoms with Crippen LogP contribution in [0.1, 0.15) is 32.8 Å². The first-order valence-electron chi connectivity index (χ1n) is 10.9. The molecule has 8 nitrogen and oxygen atoms in total. The lowest BCUT2D eigenvalue weighted by Gasteiger charge is -2.33. The molecule has 0 saturated carbocycles. The Morgan fingerprint density at radius 1 is 1.12 bits per heavy atom. The number of benzene rings is 2. The molecule has 0 saturated heterocycles. The number of hydrogen-bond donors (Lipinski definition) is 1. The van der Waals surface area contributed by atoms with Gasteiger partial charge in [-0.25, -0.2) is 12.8 Å². The summed E-state index contributed by atoms with van der Waals surface area (Å²) < 4.78 is 44.6. The second kappa shape index (κ2) is 11.8. The number of nitrogens with one attached hydrogen (secondary N) is 1. The van der Waals surface area contributed by atoms with Gasteiger partial charge in [0.25, 0.3) is 0 Å². The van der Waals surface area contributed by atoms with Crippen LogP contribution in [0.5, 0.6) is 5.75 Å². The van der Waals surface area contributed by atoms with Gasteiger partial charge >= 0.3 is 0 Å². The zero-order valence-corrected chi connectivity index (χ0v) is 20.9. The molecule has 34 heavy (non-hydrogen) atoms. The largest absolute Gasteiger partial charge is 0.497 e. The van der Waals surface area contributed by atoms with E-state index in [1.165, 1.54) is 24.1 Å². The molecular weight excluding hydrogens is 461 g/mol. The SMILES string of the molecule is CC[C@@H](C(=O)NC(C)C)N(Cc1cccc(OC)c1)C(=O)CN(c1ccc(F)cc1)S(C)(=O)=O. The summed E-state index contributed by atoms with van der Waals surface area (Å²) in [7, 11) is -2.34. The van der Waals surface area contributed by atoms with E-state index < -0.39 is 34.3 Å². The summed E-state index contributed by atoms with van der Waals surface area (Å²) in [4.78, 5) is 27.8. The maximum atomic E-state index is 13.5. The number of carbonyl (C=O) groups is 2. The van der Waals surface area contributed by atoms with Crippen LogP contribution < -0.4 is 14.4 Å². The number of halogens is 1. The lowest BCUT2D eigenvalue weighted by Crippen LogP contribution is -2.53. The number of amides is 2. The summed E-state index contributed by atoms with van der Waals surface area (Å²) in [5.41, 5.74) is 0.870.